The van der Waals surface area contributed by atoms with E-state index in [1.54, 1.807) is 0 Å². The van der Waals surface area contributed by atoms with E-state index in [0.717, 1.165) is 12.8 Å². The number of aryl methyl sites for hydroxylation is 2. The topological polar surface area (TPSA) is 32.3 Å². The van der Waals surface area contributed by atoms with Gasteiger partial charge in [0.15, 0.2) is 5.75 Å². The Balaban J connectivity index is 2.33. The van der Waals surface area contributed by atoms with Gasteiger partial charge in [-0.25, -0.2) is 0 Å². The van der Waals surface area contributed by atoms with Crippen molar-refractivity contribution in [1.29, 1.82) is 0 Å². The van der Waals surface area contributed by atoms with Crippen LogP contribution in [0.4, 0.5) is 0 Å². The molecule has 0 aliphatic heterocycles. The standard InChI is InChI=1S/C30H55O2PS2/c1-3-5-7-9-11-13-15-17-19-21-23-28-25-29(27-30(26-28)32-33(31,34)35)24-22-20-18-16-14-12-10-8-6-4-2/h25-27H,3-24H2,1-2H3,(H2,31,34,35)/p-2. The van der Waals surface area contributed by atoms with Gasteiger partial charge >= 0.3 is 0 Å². The average molecular weight is 541 g/mol. The second-order valence-electron chi connectivity index (χ2n) is 10.4. The Morgan fingerprint density at radius 3 is 1.17 bits per heavy atom. The zero-order valence-electron chi connectivity index (χ0n) is 22.9. The fourth-order valence-electron chi connectivity index (χ4n) is 4.83. The van der Waals surface area contributed by atoms with E-state index in [1.807, 2.05) is 12.1 Å². The Labute approximate surface area is 229 Å². The smallest absolute Gasteiger partial charge is 0.168 e. The van der Waals surface area contributed by atoms with E-state index >= 15 is 0 Å². The maximum atomic E-state index is 11.9. The molecule has 204 valence electrons. The molecule has 0 atom stereocenters. The van der Waals surface area contributed by atoms with Crippen molar-refractivity contribution in [2.75, 3.05) is 0 Å². The minimum atomic E-state index is -3.37. The summed E-state index contributed by atoms with van der Waals surface area (Å²) in [7, 11) is 0. The lowest BCUT2D eigenvalue weighted by molar-refractivity contribution is -0.169. The molecule has 0 bridgehead atoms. The fraction of sp³-hybridized carbons (Fsp3) is 0.800. The van der Waals surface area contributed by atoms with Crippen molar-refractivity contribution in [2.45, 2.75) is 155 Å². The molecule has 0 fully saturated rings. The summed E-state index contributed by atoms with van der Waals surface area (Å²) in [6, 6.07) is 6.31. The summed E-state index contributed by atoms with van der Waals surface area (Å²) >= 11 is 9.72. The van der Waals surface area contributed by atoms with Crippen molar-refractivity contribution in [3.8, 4) is 5.75 Å². The van der Waals surface area contributed by atoms with E-state index in [4.69, 9.17) is 29.0 Å². The SMILES string of the molecule is CCCCCCCCCCCCc1cc(CCCCCCCCCCCC)cc(O[P+]([O-])([S-])[S-])c1. The van der Waals surface area contributed by atoms with Gasteiger partial charge in [-0.15, -0.1) is 6.12 Å². The van der Waals surface area contributed by atoms with Crippen LogP contribution in [0.2, 0.25) is 0 Å². The molecule has 0 saturated heterocycles. The second kappa shape index (κ2) is 22.1. The lowest BCUT2D eigenvalue weighted by atomic mass is 9.99. The molecule has 0 aliphatic rings. The van der Waals surface area contributed by atoms with E-state index in [-0.39, 0.29) is 0 Å². The molecule has 35 heavy (non-hydrogen) atoms. The highest BCUT2D eigenvalue weighted by atomic mass is 33.1. The molecule has 0 N–H and O–H groups in total. The van der Waals surface area contributed by atoms with E-state index < -0.39 is 6.12 Å². The van der Waals surface area contributed by atoms with E-state index in [1.165, 1.54) is 140 Å². The van der Waals surface area contributed by atoms with Crippen LogP contribution in [0.1, 0.15) is 153 Å². The van der Waals surface area contributed by atoms with Crippen molar-refractivity contribution in [2.24, 2.45) is 0 Å². The molecule has 0 amide bonds. The summed E-state index contributed by atoms with van der Waals surface area (Å²) in [4.78, 5) is 11.9. The molecule has 0 saturated carbocycles. The lowest BCUT2D eigenvalue weighted by Gasteiger charge is -2.42. The van der Waals surface area contributed by atoms with Gasteiger partial charge < -0.3 is 33.9 Å². The molecule has 0 aromatic heterocycles. The number of hydrogen-bond acceptors (Lipinski definition) is 4. The van der Waals surface area contributed by atoms with Crippen LogP contribution < -0.4 is 9.42 Å². The zero-order valence-corrected chi connectivity index (χ0v) is 25.4. The van der Waals surface area contributed by atoms with Crippen LogP contribution in [0.25, 0.3) is 0 Å². The van der Waals surface area contributed by atoms with Gasteiger partial charge in [0.2, 0.25) is 0 Å². The van der Waals surface area contributed by atoms with Gasteiger partial charge in [-0.1, -0.05) is 135 Å². The molecule has 0 heterocycles. The highest BCUT2D eigenvalue weighted by Gasteiger charge is 2.06. The first kappa shape index (κ1) is 33.1. The van der Waals surface area contributed by atoms with Gasteiger partial charge in [0, 0.05) is 0 Å². The maximum Gasteiger partial charge on any atom is 0.168 e. The van der Waals surface area contributed by atoms with Gasteiger partial charge in [-0.3, -0.25) is 0 Å². The molecule has 0 unspecified atom stereocenters. The average Bonchev–Trinajstić information content (AvgIpc) is 2.80. The van der Waals surface area contributed by atoms with E-state index in [0.29, 0.717) is 5.75 Å². The third-order valence-electron chi connectivity index (χ3n) is 6.88. The molecule has 5 heteroatoms. The minimum Gasteiger partial charge on any atom is -0.682 e. The molecule has 1 aromatic carbocycles. The summed E-state index contributed by atoms with van der Waals surface area (Å²) in [5, 5.41) is 0. The lowest BCUT2D eigenvalue weighted by Crippen LogP contribution is -2.09. The molecule has 2 nitrogen and oxygen atoms in total. The van der Waals surface area contributed by atoms with E-state index in [2.05, 4.69) is 19.9 Å². The summed E-state index contributed by atoms with van der Waals surface area (Å²) in [5.74, 6) is 0.602. The number of unbranched alkanes of at least 4 members (excludes halogenated alkanes) is 18. The van der Waals surface area contributed by atoms with Crippen LogP contribution in [0.15, 0.2) is 18.2 Å². The third-order valence-corrected chi connectivity index (χ3v) is 7.76. The first-order valence-corrected chi connectivity index (χ1v) is 18.4. The summed E-state index contributed by atoms with van der Waals surface area (Å²) < 4.78 is 5.47. The molecule has 1 rings (SSSR count). The Kier molecular flexibility index (Phi) is 20.9. The largest absolute Gasteiger partial charge is 0.682 e. The number of benzene rings is 1. The van der Waals surface area contributed by atoms with E-state index in [9.17, 15) is 4.89 Å². The molecular formula is C30H53O2PS2-2. The van der Waals surface area contributed by atoms with Crippen LogP contribution in [-0.2, 0) is 37.3 Å². The van der Waals surface area contributed by atoms with Crippen LogP contribution >= 0.6 is 6.12 Å². The van der Waals surface area contributed by atoms with Gasteiger partial charge in [-0.05, 0) is 48.9 Å². The monoisotopic (exact) mass is 540 g/mol. The van der Waals surface area contributed by atoms with Crippen LogP contribution in [0.5, 0.6) is 5.75 Å². The van der Waals surface area contributed by atoms with Crippen LogP contribution in [0, 0.1) is 0 Å². The Morgan fingerprint density at radius 1 is 0.543 bits per heavy atom. The first-order chi connectivity index (χ1) is 16.9. The summed E-state index contributed by atoms with van der Waals surface area (Å²) in [6.45, 7) is 4.55. The maximum absolute atomic E-state index is 11.9. The number of rotatable bonds is 24. The minimum absolute atomic E-state index is 0.602. The summed E-state index contributed by atoms with van der Waals surface area (Å²) in [6.07, 6.45) is 25.6. The van der Waals surface area contributed by atoms with Gasteiger partial charge in [0.05, 0.1) is 0 Å². The third kappa shape index (κ3) is 20.8. The van der Waals surface area contributed by atoms with Crippen LogP contribution in [-0.4, -0.2) is 0 Å². The van der Waals surface area contributed by atoms with Crippen molar-refractivity contribution < 1.29 is 9.42 Å². The Morgan fingerprint density at radius 2 is 0.857 bits per heavy atom. The predicted octanol–water partition coefficient (Wildman–Crippen LogP) is 10.1. The molecular weight excluding hydrogens is 487 g/mol. The predicted molar refractivity (Wildman–Crippen MR) is 160 cm³/mol. The van der Waals surface area contributed by atoms with Crippen molar-refractivity contribution in [3.05, 3.63) is 29.3 Å². The van der Waals surface area contributed by atoms with Crippen molar-refractivity contribution in [3.63, 3.8) is 0 Å². The van der Waals surface area contributed by atoms with Crippen molar-refractivity contribution >= 4 is 30.6 Å². The van der Waals surface area contributed by atoms with Gasteiger partial charge in [0.1, 0.15) is 0 Å². The first-order valence-electron chi connectivity index (χ1n) is 14.8. The van der Waals surface area contributed by atoms with Crippen molar-refractivity contribution in [1.82, 2.24) is 0 Å². The Bertz CT molecular complexity index is 577. The molecule has 0 radical (unpaired) electrons. The fourth-order valence-corrected chi connectivity index (χ4v) is 5.71. The zero-order chi connectivity index (χ0) is 25.6. The molecule has 0 aliphatic carbocycles. The number of hydrogen-bond donors (Lipinski definition) is 0. The molecule has 0 spiro atoms. The highest BCUT2D eigenvalue weighted by Crippen LogP contribution is 2.46. The second-order valence-corrected chi connectivity index (χ2v) is 15.0. The Hall–Kier alpha value is 0.110. The molecule has 1 aromatic rings. The quantitative estimate of drug-likeness (QED) is 0.0741. The normalized spacial score (nSPS) is 11.8. The highest BCUT2D eigenvalue weighted by molar-refractivity contribution is 8.69. The van der Waals surface area contributed by atoms with Crippen LogP contribution in [0.3, 0.4) is 0 Å². The van der Waals surface area contributed by atoms with Gasteiger partial charge in [-0.2, -0.15) is 0 Å². The van der Waals surface area contributed by atoms with Gasteiger partial charge in [0.25, 0.3) is 0 Å². The summed E-state index contributed by atoms with van der Waals surface area (Å²) in [5.41, 5.74) is 2.53.